The van der Waals surface area contributed by atoms with Crippen LogP contribution < -0.4 is 5.32 Å². The number of aliphatic imine (C=N–C) groups is 1. The molecule has 0 fully saturated rings. The third kappa shape index (κ3) is 5.57. The molecule has 3 nitrogen and oxygen atoms in total. The average Bonchev–Trinajstić information content (AvgIpc) is 2.64. The van der Waals surface area contributed by atoms with Crippen molar-refractivity contribution in [2.75, 3.05) is 13.6 Å². The Kier molecular flexibility index (Phi) is 7.43. The molecule has 2 rings (SSSR count). The molecule has 0 radical (unpaired) electrons. The molecule has 144 valence electrons. The van der Waals surface area contributed by atoms with E-state index < -0.39 is 0 Å². The number of rotatable bonds is 5. The molecule has 0 aromatic heterocycles. The third-order valence-corrected chi connectivity index (χ3v) is 4.61. The van der Waals surface area contributed by atoms with Crippen LogP contribution in [0.4, 0.5) is 10.1 Å². The maximum Gasteiger partial charge on any atom is 0.203 e. The monoisotopic (exact) mass is 387 g/mol. The van der Waals surface area contributed by atoms with Gasteiger partial charge in [0.25, 0.3) is 0 Å². The number of halogens is 2. The van der Waals surface area contributed by atoms with Gasteiger partial charge in [0, 0.05) is 29.9 Å². The van der Waals surface area contributed by atoms with Gasteiger partial charge in [0.15, 0.2) is 0 Å². The lowest BCUT2D eigenvalue weighted by Gasteiger charge is -2.23. The zero-order valence-electron chi connectivity index (χ0n) is 16.6. The molecule has 5 heteroatoms. The first-order chi connectivity index (χ1) is 12.8. The van der Waals surface area contributed by atoms with Crippen molar-refractivity contribution in [3.8, 4) is 0 Å². The van der Waals surface area contributed by atoms with Crippen molar-refractivity contribution >= 4 is 28.9 Å². The highest BCUT2D eigenvalue weighted by Gasteiger charge is 2.12. The largest absolute Gasteiger partial charge is 0.346 e. The quantitative estimate of drug-likeness (QED) is 0.497. The lowest BCUT2D eigenvalue weighted by Crippen LogP contribution is -2.37. The minimum absolute atomic E-state index is 0.298. The molecule has 0 aliphatic rings. The van der Waals surface area contributed by atoms with Crippen LogP contribution in [0, 0.1) is 19.7 Å². The van der Waals surface area contributed by atoms with Crippen molar-refractivity contribution in [2.45, 2.75) is 34.1 Å². The van der Waals surface area contributed by atoms with E-state index in [9.17, 15) is 4.39 Å². The molecule has 0 bridgehead atoms. The SMILES string of the molecule is CC/C=C(/N/C(=N/c1cc(F)ccc1C)N(C)CC)c1cc(Cl)ccc1C. The lowest BCUT2D eigenvalue weighted by atomic mass is 10.0. The number of nitrogens with one attached hydrogen (secondary N) is 1. The lowest BCUT2D eigenvalue weighted by molar-refractivity contribution is 0.521. The highest BCUT2D eigenvalue weighted by atomic mass is 35.5. The van der Waals surface area contributed by atoms with E-state index in [2.05, 4.69) is 18.3 Å². The summed E-state index contributed by atoms with van der Waals surface area (Å²) in [5.41, 5.74) is 4.60. The molecule has 0 aliphatic carbocycles. The van der Waals surface area contributed by atoms with Crippen LogP contribution >= 0.6 is 11.6 Å². The zero-order chi connectivity index (χ0) is 20.0. The summed E-state index contributed by atoms with van der Waals surface area (Å²) in [6, 6.07) is 10.5. The summed E-state index contributed by atoms with van der Waals surface area (Å²) in [6.07, 6.45) is 2.96. The first-order valence-corrected chi connectivity index (χ1v) is 9.53. The molecule has 0 atom stereocenters. The van der Waals surface area contributed by atoms with E-state index in [1.165, 1.54) is 12.1 Å². The fraction of sp³-hybridized carbons (Fsp3) is 0.318. The molecule has 0 saturated heterocycles. The minimum atomic E-state index is -0.298. The van der Waals surface area contributed by atoms with Crippen LogP contribution in [0.3, 0.4) is 0 Å². The molecular formula is C22H27ClFN3. The van der Waals surface area contributed by atoms with E-state index in [0.29, 0.717) is 16.7 Å². The first kappa shape index (κ1) is 21.0. The standard InChI is InChI=1S/C22H27ClFN3/c1-6-8-20(19-13-17(23)11-9-15(19)3)25-22(27(5)7-2)26-21-14-18(24)12-10-16(21)4/h8-14H,6-7H2,1-5H3,(H,25,26)/b20-8+. The first-order valence-electron chi connectivity index (χ1n) is 9.15. The Balaban J connectivity index is 2.50. The fourth-order valence-electron chi connectivity index (χ4n) is 2.61. The second-order valence-electron chi connectivity index (χ2n) is 6.49. The summed E-state index contributed by atoms with van der Waals surface area (Å²) in [7, 11) is 1.95. The van der Waals surface area contributed by atoms with Crippen molar-refractivity contribution in [3.05, 3.63) is 70.0 Å². The van der Waals surface area contributed by atoms with E-state index in [1.54, 1.807) is 6.07 Å². The Morgan fingerprint density at radius 2 is 1.85 bits per heavy atom. The van der Waals surface area contributed by atoms with Gasteiger partial charge < -0.3 is 10.2 Å². The summed E-state index contributed by atoms with van der Waals surface area (Å²) in [5, 5.41) is 4.12. The molecule has 0 saturated carbocycles. The number of benzene rings is 2. The number of aryl methyl sites for hydroxylation is 2. The summed E-state index contributed by atoms with van der Waals surface area (Å²) in [6.45, 7) is 8.86. The average molecular weight is 388 g/mol. The van der Waals surface area contributed by atoms with Gasteiger partial charge in [-0.1, -0.05) is 36.7 Å². The number of allylic oxidation sites excluding steroid dienone is 1. The smallest absolute Gasteiger partial charge is 0.203 e. The van der Waals surface area contributed by atoms with Gasteiger partial charge >= 0.3 is 0 Å². The van der Waals surface area contributed by atoms with E-state index >= 15 is 0 Å². The van der Waals surface area contributed by atoms with E-state index in [-0.39, 0.29) is 5.82 Å². The van der Waals surface area contributed by atoms with Crippen molar-refractivity contribution in [1.82, 2.24) is 10.2 Å². The molecular weight excluding hydrogens is 361 g/mol. The predicted octanol–water partition coefficient (Wildman–Crippen LogP) is 6.08. The Hall–Kier alpha value is -2.33. The molecule has 2 aromatic carbocycles. The number of hydrogen-bond donors (Lipinski definition) is 1. The van der Waals surface area contributed by atoms with E-state index in [4.69, 9.17) is 16.6 Å². The van der Waals surface area contributed by atoms with Crippen LogP contribution in [0.1, 0.15) is 37.0 Å². The van der Waals surface area contributed by atoms with Gasteiger partial charge in [0.05, 0.1) is 5.69 Å². The van der Waals surface area contributed by atoms with Crippen LogP contribution in [0.2, 0.25) is 5.02 Å². The highest BCUT2D eigenvalue weighted by molar-refractivity contribution is 6.30. The van der Waals surface area contributed by atoms with Gasteiger partial charge in [-0.3, -0.25) is 0 Å². The van der Waals surface area contributed by atoms with Crippen molar-refractivity contribution < 1.29 is 4.39 Å². The maximum atomic E-state index is 13.7. The number of nitrogens with zero attached hydrogens (tertiary/aromatic N) is 2. The molecule has 0 amide bonds. The van der Waals surface area contributed by atoms with Gasteiger partial charge in [0.1, 0.15) is 5.82 Å². The van der Waals surface area contributed by atoms with Crippen molar-refractivity contribution in [1.29, 1.82) is 0 Å². The van der Waals surface area contributed by atoms with Crippen molar-refractivity contribution in [3.63, 3.8) is 0 Å². The summed E-state index contributed by atoms with van der Waals surface area (Å²) < 4.78 is 13.7. The molecule has 27 heavy (non-hydrogen) atoms. The summed E-state index contributed by atoms with van der Waals surface area (Å²) in [4.78, 5) is 6.70. The molecule has 0 heterocycles. The van der Waals surface area contributed by atoms with Gasteiger partial charge in [-0.05, 0) is 62.6 Å². The topological polar surface area (TPSA) is 27.6 Å². The summed E-state index contributed by atoms with van der Waals surface area (Å²) in [5.74, 6) is 0.359. The van der Waals surface area contributed by atoms with Crippen LogP contribution in [-0.2, 0) is 0 Å². The fourth-order valence-corrected chi connectivity index (χ4v) is 2.78. The predicted molar refractivity (Wildman–Crippen MR) is 114 cm³/mol. The third-order valence-electron chi connectivity index (χ3n) is 4.38. The van der Waals surface area contributed by atoms with Gasteiger partial charge in [-0.2, -0.15) is 0 Å². The van der Waals surface area contributed by atoms with Crippen molar-refractivity contribution in [2.24, 2.45) is 4.99 Å². The van der Waals surface area contributed by atoms with Crippen LogP contribution in [-0.4, -0.2) is 24.5 Å². The normalized spacial score (nSPS) is 12.3. The van der Waals surface area contributed by atoms with E-state index in [0.717, 1.165) is 35.4 Å². The second-order valence-corrected chi connectivity index (χ2v) is 6.93. The van der Waals surface area contributed by atoms with Gasteiger partial charge in [-0.25, -0.2) is 9.38 Å². The Labute approximate surface area is 166 Å². The zero-order valence-corrected chi connectivity index (χ0v) is 17.4. The molecule has 1 N–H and O–H groups in total. The molecule has 0 aliphatic heterocycles. The van der Waals surface area contributed by atoms with Crippen LogP contribution in [0.5, 0.6) is 0 Å². The number of guanidine groups is 1. The van der Waals surface area contributed by atoms with Crippen LogP contribution in [0.15, 0.2) is 47.5 Å². The Morgan fingerprint density at radius 3 is 2.52 bits per heavy atom. The van der Waals surface area contributed by atoms with Crippen LogP contribution in [0.25, 0.3) is 5.70 Å². The Bertz CT molecular complexity index is 859. The molecule has 2 aromatic rings. The minimum Gasteiger partial charge on any atom is -0.346 e. The molecule has 0 spiro atoms. The summed E-state index contributed by atoms with van der Waals surface area (Å²) >= 11 is 6.22. The number of hydrogen-bond acceptors (Lipinski definition) is 1. The Morgan fingerprint density at radius 1 is 1.15 bits per heavy atom. The maximum absolute atomic E-state index is 13.7. The van der Waals surface area contributed by atoms with Gasteiger partial charge in [-0.15, -0.1) is 0 Å². The molecule has 0 unspecified atom stereocenters. The van der Waals surface area contributed by atoms with E-state index in [1.807, 2.05) is 50.9 Å². The van der Waals surface area contributed by atoms with Gasteiger partial charge in [0.2, 0.25) is 5.96 Å². The second kappa shape index (κ2) is 9.56. The highest BCUT2D eigenvalue weighted by Crippen LogP contribution is 2.24.